The van der Waals surface area contributed by atoms with Gasteiger partial charge in [0.25, 0.3) is 0 Å². The molecular weight excluding hydrogens is 328 g/mol. The Morgan fingerprint density at radius 3 is 2.83 bits per heavy atom. The molecule has 126 valence electrons. The lowest BCUT2D eigenvalue weighted by molar-refractivity contribution is -0.131. The van der Waals surface area contributed by atoms with E-state index in [4.69, 9.17) is 9.47 Å². The topological polar surface area (TPSA) is 68.7 Å². The van der Waals surface area contributed by atoms with Gasteiger partial charge in [0.2, 0.25) is 0 Å². The van der Waals surface area contributed by atoms with E-state index in [9.17, 15) is 9.59 Å². The average molecular weight is 346 g/mol. The first-order valence-corrected chi connectivity index (χ1v) is 8.60. The van der Waals surface area contributed by atoms with Crippen LogP contribution in [-0.2, 0) is 22.4 Å². The monoisotopic (exact) mass is 346 g/mol. The van der Waals surface area contributed by atoms with E-state index >= 15 is 0 Å². The highest BCUT2D eigenvalue weighted by atomic mass is 32.1. The van der Waals surface area contributed by atoms with E-state index in [0.717, 1.165) is 29.1 Å². The average Bonchev–Trinajstić information content (AvgIpc) is 3.16. The molecule has 1 amide bonds. The number of cyclic esters (lactones) is 1. The van der Waals surface area contributed by atoms with E-state index in [0.29, 0.717) is 25.4 Å². The Morgan fingerprint density at radius 2 is 2.17 bits per heavy atom. The lowest BCUT2D eigenvalue weighted by Crippen LogP contribution is -2.26. The highest BCUT2D eigenvalue weighted by Gasteiger charge is 2.21. The second-order valence-electron chi connectivity index (χ2n) is 5.50. The van der Waals surface area contributed by atoms with Crippen LogP contribution in [0.2, 0.25) is 0 Å². The smallest absolute Gasteiger partial charge is 0.409 e. The van der Waals surface area contributed by atoms with Crippen LogP contribution in [0.15, 0.2) is 29.6 Å². The molecule has 0 radical (unpaired) electrons. The van der Waals surface area contributed by atoms with E-state index in [1.54, 1.807) is 28.4 Å². The summed E-state index contributed by atoms with van der Waals surface area (Å²) in [6, 6.07) is 7.42. The highest BCUT2D eigenvalue weighted by molar-refractivity contribution is 7.09. The Labute approximate surface area is 144 Å². The lowest BCUT2D eigenvalue weighted by Gasteiger charge is -2.10. The quantitative estimate of drug-likeness (QED) is 0.594. The van der Waals surface area contributed by atoms with Crippen LogP contribution in [0.4, 0.5) is 4.79 Å². The van der Waals surface area contributed by atoms with Gasteiger partial charge in [0.05, 0.1) is 17.2 Å². The molecule has 7 heteroatoms. The van der Waals surface area contributed by atoms with Crippen molar-refractivity contribution in [1.82, 2.24) is 9.88 Å². The summed E-state index contributed by atoms with van der Waals surface area (Å²) in [5.41, 5.74) is 2.10. The largest absolute Gasteiger partial charge is 0.448 e. The number of ether oxygens (including phenoxy) is 2. The van der Waals surface area contributed by atoms with Crippen LogP contribution < -0.4 is 4.74 Å². The zero-order chi connectivity index (χ0) is 16.9. The third-order valence-corrected chi connectivity index (χ3v) is 4.57. The number of rotatable bonds is 6. The van der Waals surface area contributed by atoms with Crippen LogP contribution in [0.5, 0.6) is 5.75 Å². The fourth-order valence-corrected chi connectivity index (χ4v) is 3.24. The number of esters is 1. The SMILES string of the molecule is CC(=O)Oc1ccc(Cc2csc(CCN3CCOC3=O)n2)cc1. The van der Waals surface area contributed by atoms with E-state index in [2.05, 4.69) is 4.98 Å². The van der Waals surface area contributed by atoms with Gasteiger partial charge in [0.15, 0.2) is 0 Å². The van der Waals surface area contributed by atoms with Gasteiger partial charge in [-0.2, -0.15) is 0 Å². The van der Waals surface area contributed by atoms with Gasteiger partial charge in [-0.05, 0) is 17.7 Å². The van der Waals surface area contributed by atoms with Crippen molar-refractivity contribution in [2.24, 2.45) is 0 Å². The third kappa shape index (κ3) is 4.32. The Balaban J connectivity index is 1.53. The second-order valence-corrected chi connectivity index (χ2v) is 6.44. The van der Waals surface area contributed by atoms with Gasteiger partial charge in [-0.15, -0.1) is 11.3 Å². The lowest BCUT2D eigenvalue weighted by atomic mass is 10.1. The Morgan fingerprint density at radius 1 is 1.38 bits per heavy atom. The number of aromatic nitrogens is 1. The Kier molecular flexibility index (Phi) is 5.10. The van der Waals surface area contributed by atoms with E-state index in [1.165, 1.54) is 6.92 Å². The number of nitrogens with zero attached hydrogens (tertiary/aromatic N) is 2. The van der Waals surface area contributed by atoms with Gasteiger partial charge < -0.3 is 14.4 Å². The molecule has 0 bridgehead atoms. The molecule has 1 aliphatic heterocycles. The standard InChI is InChI=1S/C17H18N2O4S/c1-12(20)23-15-4-2-13(3-5-15)10-14-11-24-16(18-14)6-7-19-8-9-22-17(19)21/h2-5,11H,6-10H2,1H3. The van der Waals surface area contributed by atoms with Gasteiger partial charge in [0.1, 0.15) is 12.4 Å². The molecule has 1 fully saturated rings. The molecule has 0 unspecified atom stereocenters. The van der Waals surface area contributed by atoms with Gasteiger partial charge in [-0.1, -0.05) is 12.1 Å². The molecule has 0 spiro atoms. The minimum Gasteiger partial charge on any atom is -0.448 e. The first-order chi connectivity index (χ1) is 11.6. The van der Waals surface area contributed by atoms with Crippen molar-refractivity contribution in [2.45, 2.75) is 19.8 Å². The molecule has 0 N–H and O–H groups in total. The van der Waals surface area contributed by atoms with Crippen molar-refractivity contribution in [1.29, 1.82) is 0 Å². The summed E-state index contributed by atoms with van der Waals surface area (Å²) < 4.78 is 9.93. The molecule has 2 heterocycles. The molecule has 24 heavy (non-hydrogen) atoms. The molecule has 0 atom stereocenters. The van der Waals surface area contributed by atoms with Crippen LogP contribution in [0.25, 0.3) is 0 Å². The number of benzene rings is 1. The van der Waals surface area contributed by atoms with E-state index in [1.807, 2.05) is 17.5 Å². The zero-order valence-corrected chi connectivity index (χ0v) is 14.2. The predicted molar refractivity (Wildman–Crippen MR) is 89.3 cm³/mol. The summed E-state index contributed by atoms with van der Waals surface area (Å²) in [6.45, 7) is 3.16. The van der Waals surface area contributed by atoms with Crippen LogP contribution in [0, 0.1) is 0 Å². The van der Waals surface area contributed by atoms with Crippen molar-refractivity contribution >= 4 is 23.4 Å². The summed E-state index contributed by atoms with van der Waals surface area (Å²) >= 11 is 1.61. The number of carbonyl (C=O) groups is 2. The molecule has 3 rings (SSSR count). The van der Waals surface area contributed by atoms with Crippen molar-refractivity contribution in [3.63, 3.8) is 0 Å². The Hall–Kier alpha value is -2.41. The van der Waals surface area contributed by atoms with E-state index in [-0.39, 0.29) is 12.1 Å². The number of hydrogen-bond donors (Lipinski definition) is 0. The summed E-state index contributed by atoms with van der Waals surface area (Å²) in [6.07, 6.45) is 1.23. The first-order valence-electron chi connectivity index (χ1n) is 7.72. The highest BCUT2D eigenvalue weighted by Crippen LogP contribution is 2.18. The molecule has 2 aromatic rings. The van der Waals surface area contributed by atoms with Crippen molar-refractivity contribution in [3.05, 3.63) is 45.9 Å². The number of carbonyl (C=O) groups excluding carboxylic acids is 2. The van der Waals surface area contributed by atoms with Crippen molar-refractivity contribution in [2.75, 3.05) is 19.7 Å². The normalized spacial score (nSPS) is 13.9. The summed E-state index contributed by atoms with van der Waals surface area (Å²) in [4.78, 5) is 28.6. The fourth-order valence-electron chi connectivity index (χ4n) is 2.45. The molecule has 6 nitrogen and oxygen atoms in total. The minimum atomic E-state index is -0.325. The van der Waals surface area contributed by atoms with Crippen molar-refractivity contribution in [3.8, 4) is 5.75 Å². The van der Waals surface area contributed by atoms with Gasteiger partial charge >= 0.3 is 12.1 Å². The third-order valence-electron chi connectivity index (χ3n) is 3.61. The maximum Gasteiger partial charge on any atom is 0.409 e. The van der Waals surface area contributed by atoms with Crippen LogP contribution >= 0.6 is 11.3 Å². The maximum absolute atomic E-state index is 11.4. The van der Waals surface area contributed by atoms with Gasteiger partial charge in [0, 0.05) is 31.7 Å². The molecule has 1 aromatic heterocycles. The number of amides is 1. The fraction of sp³-hybridized carbons (Fsp3) is 0.353. The molecule has 0 saturated carbocycles. The number of hydrogen-bond acceptors (Lipinski definition) is 6. The number of thiazole rings is 1. The van der Waals surface area contributed by atoms with Crippen LogP contribution in [0.3, 0.4) is 0 Å². The summed E-state index contributed by atoms with van der Waals surface area (Å²) in [7, 11) is 0. The van der Waals surface area contributed by atoms with Crippen molar-refractivity contribution < 1.29 is 19.1 Å². The summed E-state index contributed by atoms with van der Waals surface area (Å²) in [5, 5.41) is 3.05. The molecule has 1 saturated heterocycles. The van der Waals surface area contributed by atoms with Gasteiger partial charge in [-0.25, -0.2) is 9.78 Å². The molecule has 1 aliphatic rings. The van der Waals surface area contributed by atoms with Crippen LogP contribution in [-0.4, -0.2) is 41.6 Å². The molecule has 1 aromatic carbocycles. The second kappa shape index (κ2) is 7.44. The first kappa shape index (κ1) is 16.4. The summed E-state index contributed by atoms with van der Waals surface area (Å²) in [5.74, 6) is 0.219. The predicted octanol–water partition coefficient (Wildman–Crippen LogP) is 2.65. The minimum absolute atomic E-state index is 0.236. The molecular formula is C17H18N2O4S. The van der Waals surface area contributed by atoms with Gasteiger partial charge in [-0.3, -0.25) is 4.79 Å². The maximum atomic E-state index is 11.4. The van der Waals surface area contributed by atoms with Crippen LogP contribution in [0.1, 0.15) is 23.2 Å². The van der Waals surface area contributed by atoms with E-state index < -0.39 is 0 Å². The Bertz CT molecular complexity index is 726. The molecule has 0 aliphatic carbocycles. The zero-order valence-electron chi connectivity index (χ0n) is 13.4.